The van der Waals surface area contributed by atoms with Crippen molar-refractivity contribution in [3.8, 4) is 0 Å². The summed E-state index contributed by atoms with van der Waals surface area (Å²) in [6.45, 7) is 0.667. The van der Waals surface area contributed by atoms with Crippen LogP contribution in [0.5, 0.6) is 0 Å². The van der Waals surface area contributed by atoms with E-state index in [1.54, 1.807) is 0 Å². The van der Waals surface area contributed by atoms with Crippen LogP contribution < -0.4 is 11.1 Å². The van der Waals surface area contributed by atoms with Gasteiger partial charge in [-0.3, -0.25) is 0 Å². The Morgan fingerprint density at radius 3 is 2.62 bits per heavy atom. The van der Waals surface area contributed by atoms with Gasteiger partial charge in [0.2, 0.25) is 0 Å². The van der Waals surface area contributed by atoms with E-state index < -0.39 is 0 Å². The topological polar surface area (TPSA) is 61.9 Å². The molecule has 3 heteroatoms. The highest BCUT2D eigenvalue weighted by Crippen LogP contribution is 1.79. The van der Waals surface area contributed by atoms with Crippen LogP contribution in [-0.2, 0) is 0 Å². The molecule has 0 aliphatic carbocycles. The van der Waals surface area contributed by atoms with E-state index in [1.165, 1.54) is 12.4 Å². The molecule has 0 aromatic rings. The largest absolute Gasteiger partial charge is 0.404 e. The molecule has 4 N–H and O–H groups in total. The maximum absolute atomic E-state index is 6.75. The summed E-state index contributed by atoms with van der Waals surface area (Å²) in [6, 6.07) is 0. The monoisotopic (exact) mass is 113 g/mol. The first-order chi connectivity index (χ1) is 3.85. The van der Waals surface area contributed by atoms with Crippen molar-refractivity contribution in [1.82, 2.24) is 5.32 Å². The van der Waals surface area contributed by atoms with Crippen LogP contribution in [-0.4, -0.2) is 19.8 Å². The molecule has 0 aromatic carbocycles. The van der Waals surface area contributed by atoms with E-state index in [4.69, 9.17) is 11.1 Å². The summed E-state index contributed by atoms with van der Waals surface area (Å²) in [4.78, 5) is 0. The molecule has 0 fully saturated rings. The SMILES string of the molecule is CNC/C(C=N)=C/N. The van der Waals surface area contributed by atoms with Gasteiger partial charge < -0.3 is 16.5 Å². The average Bonchev–Trinajstić information content (AvgIpc) is 1.83. The zero-order valence-electron chi connectivity index (χ0n) is 4.94. The Balaban J connectivity index is 3.54. The van der Waals surface area contributed by atoms with E-state index >= 15 is 0 Å². The summed E-state index contributed by atoms with van der Waals surface area (Å²) >= 11 is 0. The summed E-state index contributed by atoms with van der Waals surface area (Å²) in [6.07, 6.45) is 2.65. The maximum Gasteiger partial charge on any atom is 0.0237 e. The van der Waals surface area contributed by atoms with Gasteiger partial charge in [0, 0.05) is 12.8 Å². The Hall–Kier alpha value is -0.830. The highest BCUT2D eigenvalue weighted by molar-refractivity contribution is 5.75. The molecule has 8 heavy (non-hydrogen) atoms. The average molecular weight is 113 g/mol. The van der Waals surface area contributed by atoms with Crippen molar-refractivity contribution in [2.75, 3.05) is 13.6 Å². The molecular formula is C5H11N3. The molecule has 0 aliphatic rings. The predicted molar refractivity (Wildman–Crippen MR) is 35.0 cm³/mol. The first-order valence-corrected chi connectivity index (χ1v) is 2.41. The smallest absolute Gasteiger partial charge is 0.0237 e. The van der Waals surface area contributed by atoms with Gasteiger partial charge in [0.15, 0.2) is 0 Å². The zero-order chi connectivity index (χ0) is 6.41. The van der Waals surface area contributed by atoms with E-state index in [0.717, 1.165) is 5.57 Å². The molecule has 0 unspecified atom stereocenters. The van der Waals surface area contributed by atoms with Crippen molar-refractivity contribution in [1.29, 1.82) is 5.41 Å². The number of hydrogen-bond donors (Lipinski definition) is 3. The third-order valence-corrected chi connectivity index (χ3v) is 0.780. The van der Waals surface area contributed by atoms with Gasteiger partial charge in [-0.1, -0.05) is 0 Å². The van der Waals surface area contributed by atoms with Gasteiger partial charge in [0.25, 0.3) is 0 Å². The molecule has 46 valence electrons. The molecule has 0 saturated heterocycles. The van der Waals surface area contributed by atoms with Crippen molar-refractivity contribution < 1.29 is 0 Å². The van der Waals surface area contributed by atoms with Crippen molar-refractivity contribution in [2.24, 2.45) is 5.73 Å². The molecule has 0 rings (SSSR count). The number of hydrogen-bond acceptors (Lipinski definition) is 3. The van der Waals surface area contributed by atoms with Crippen molar-refractivity contribution in [3.05, 3.63) is 11.8 Å². The molecule has 0 heterocycles. The van der Waals surface area contributed by atoms with Gasteiger partial charge in [-0.25, -0.2) is 0 Å². The van der Waals surface area contributed by atoms with E-state index in [9.17, 15) is 0 Å². The first-order valence-electron chi connectivity index (χ1n) is 2.41. The second kappa shape index (κ2) is 4.33. The molecule has 0 bridgehead atoms. The van der Waals surface area contributed by atoms with Gasteiger partial charge in [-0.05, 0) is 18.8 Å². The number of nitrogens with two attached hydrogens (primary N) is 1. The van der Waals surface area contributed by atoms with Crippen LogP contribution >= 0.6 is 0 Å². The van der Waals surface area contributed by atoms with Crippen LogP contribution in [0.3, 0.4) is 0 Å². The Morgan fingerprint density at radius 2 is 2.50 bits per heavy atom. The first kappa shape index (κ1) is 7.17. The molecule has 0 radical (unpaired) electrons. The van der Waals surface area contributed by atoms with Gasteiger partial charge in [0.05, 0.1) is 0 Å². The summed E-state index contributed by atoms with van der Waals surface area (Å²) in [5.41, 5.74) is 5.91. The molecule has 0 amide bonds. The van der Waals surface area contributed by atoms with Crippen molar-refractivity contribution in [3.63, 3.8) is 0 Å². The van der Waals surface area contributed by atoms with Crippen LogP contribution in [0.1, 0.15) is 0 Å². The molecule has 0 atom stereocenters. The lowest BCUT2D eigenvalue weighted by atomic mass is 10.3. The second-order valence-electron chi connectivity index (χ2n) is 1.42. The zero-order valence-corrected chi connectivity index (χ0v) is 4.94. The highest BCUT2D eigenvalue weighted by Gasteiger charge is 1.84. The minimum atomic E-state index is 0.667. The van der Waals surface area contributed by atoms with Gasteiger partial charge in [-0.15, -0.1) is 0 Å². The highest BCUT2D eigenvalue weighted by atomic mass is 14.8. The number of likely N-dealkylation sites (N-methyl/N-ethyl adjacent to an activating group) is 1. The van der Waals surface area contributed by atoms with Crippen molar-refractivity contribution >= 4 is 6.21 Å². The second-order valence-corrected chi connectivity index (χ2v) is 1.42. The van der Waals surface area contributed by atoms with E-state index in [0.29, 0.717) is 6.54 Å². The fraction of sp³-hybridized carbons (Fsp3) is 0.400. The van der Waals surface area contributed by atoms with Crippen LogP contribution in [0.15, 0.2) is 11.8 Å². The molecule has 0 aromatic heterocycles. The van der Waals surface area contributed by atoms with E-state index in [2.05, 4.69) is 5.32 Å². The minimum absolute atomic E-state index is 0.667. The molecule has 3 nitrogen and oxygen atoms in total. The molecule has 0 spiro atoms. The maximum atomic E-state index is 6.75. The van der Waals surface area contributed by atoms with Gasteiger partial charge in [0.1, 0.15) is 0 Å². The van der Waals surface area contributed by atoms with E-state index in [1.807, 2.05) is 7.05 Å². The standard InChI is InChI=1S/C5H11N3/c1-8-4-5(2-6)3-7/h2-3,6,8H,4,7H2,1H3/b5-3+,6-2?. The molecule has 0 aliphatic heterocycles. The normalized spacial score (nSPS) is 11.4. The van der Waals surface area contributed by atoms with Crippen LogP contribution in [0, 0.1) is 5.41 Å². The Morgan fingerprint density at radius 1 is 1.88 bits per heavy atom. The fourth-order valence-corrected chi connectivity index (χ4v) is 0.362. The quantitative estimate of drug-likeness (QED) is 0.440. The summed E-state index contributed by atoms with van der Waals surface area (Å²) < 4.78 is 0. The molecular weight excluding hydrogens is 102 g/mol. The third-order valence-electron chi connectivity index (χ3n) is 0.780. The Labute approximate surface area is 49.1 Å². The van der Waals surface area contributed by atoms with Crippen LogP contribution in [0.2, 0.25) is 0 Å². The Kier molecular flexibility index (Phi) is 3.88. The van der Waals surface area contributed by atoms with Crippen LogP contribution in [0.25, 0.3) is 0 Å². The lowest BCUT2D eigenvalue weighted by Crippen LogP contribution is -2.11. The summed E-state index contributed by atoms with van der Waals surface area (Å²) in [5, 5.41) is 9.62. The number of rotatable bonds is 3. The molecule has 0 saturated carbocycles. The minimum Gasteiger partial charge on any atom is -0.404 e. The van der Waals surface area contributed by atoms with Crippen LogP contribution in [0.4, 0.5) is 0 Å². The Bertz CT molecular complexity index is 95.8. The van der Waals surface area contributed by atoms with E-state index in [-0.39, 0.29) is 0 Å². The third kappa shape index (κ3) is 2.36. The fourth-order valence-electron chi connectivity index (χ4n) is 0.362. The summed E-state index contributed by atoms with van der Waals surface area (Å²) in [5.74, 6) is 0. The van der Waals surface area contributed by atoms with Crippen molar-refractivity contribution in [2.45, 2.75) is 0 Å². The lowest BCUT2D eigenvalue weighted by molar-refractivity contribution is 0.902. The van der Waals surface area contributed by atoms with Gasteiger partial charge in [-0.2, -0.15) is 0 Å². The summed E-state index contributed by atoms with van der Waals surface area (Å²) in [7, 11) is 1.81. The number of nitrogens with one attached hydrogen (secondary N) is 2. The lowest BCUT2D eigenvalue weighted by Gasteiger charge is -1.94. The predicted octanol–water partition coefficient (Wildman–Crippen LogP) is -0.302. The van der Waals surface area contributed by atoms with Gasteiger partial charge >= 0.3 is 0 Å².